The molecule has 0 radical (unpaired) electrons. The van der Waals surface area contributed by atoms with Gasteiger partial charge in [0, 0.05) is 20.2 Å². The van der Waals surface area contributed by atoms with Crippen molar-refractivity contribution in [3.8, 4) is 5.69 Å². The summed E-state index contributed by atoms with van der Waals surface area (Å²) in [5.74, 6) is -0.550. The Hall–Kier alpha value is -2.38. The molecule has 0 amide bonds. The monoisotopic (exact) mass is 391 g/mol. The highest BCUT2D eigenvalue weighted by molar-refractivity contribution is 6.33. The Morgan fingerprint density at radius 1 is 1.41 bits per heavy atom. The van der Waals surface area contributed by atoms with Crippen molar-refractivity contribution in [1.29, 1.82) is 0 Å². The average molecular weight is 392 g/mol. The highest BCUT2D eigenvalue weighted by Gasteiger charge is 2.21. The van der Waals surface area contributed by atoms with E-state index in [1.54, 1.807) is 24.3 Å². The number of nitrogens with zero attached hydrogens (tertiary/aromatic N) is 3. The zero-order valence-corrected chi connectivity index (χ0v) is 16.1. The standard InChI is InChI=1S/C19H22ClN3O4/c1-22(12-13-7-5-6-10-27-13)16-11-21-23(18(24)17(16)20)15-9-4-3-8-14(15)19(25)26-2/h3-4,8-9,11,13H,5-7,10,12H2,1-2H3. The van der Waals surface area contributed by atoms with E-state index in [1.807, 2.05) is 11.9 Å². The largest absolute Gasteiger partial charge is 0.465 e. The Labute approximate surface area is 162 Å². The first kappa shape index (κ1) is 19.4. The summed E-state index contributed by atoms with van der Waals surface area (Å²) >= 11 is 6.35. The Morgan fingerprint density at radius 3 is 2.89 bits per heavy atom. The van der Waals surface area contributed by atoms with Gasteiger partial charge in [0.1, 0.15) is 5.02 Å². The van der Waals surface area contributed by atoms with Crippen LogP contribution in [0.25, 0.3) is 5.69 Å². The number of anilines is 1. The van der Waals surface area contributed by atoms with Gasteiger partial charge in [0.15, 0.2) is 0 Å². The van der Waals surface area contributed by atoms with E-state index in [9.17, 15) is 9.59 Å². The maximum Gasteiger partial charge on any atom is 0.340 e. The summed E-state index contributed by atoms with van der Waals surface area (Å²) in [4.78, 5) is 26.7. The van der Waals surface area contributed by atoms with E-state index >= 15 is 0 Å². The Kier molecular flexibility index (Phi) is 6.13. The van der Waals surface area contributed by atoms with Crippen molar-refractivity contribution >= 4 is 23.3 Å². The van der Waals surface area contributed by atoms with Gasteiger partial charge in [0.2, 0.25) is 0 Å². The molecule has 0 saturated carbocycles. The van der Waals surface area contributed by atoms with Crippen LogP contribution in [0.1, 0.15) is 29.6 Å². The quantitative estimate of drug-likeness (QED) is 0.729. The number of halogens is 1. The molecule has 1 aliphatic rings. The third kappa shape index (κ3) is 4.14. The zero-order chi connectivity index (χ0) is 19.4. The van der Waals surface area contributed by atoms with Gasteiger partial charge in [0.25, 0.3) is 5.56 Å². The number of esters is 1. The van der Waals surface area contributed by atoms with Crippen LogP contribution in [0.4, 0.5) is 5.69 Å². The molecule has 0 spiro atoms. The molecule has 8 heteroatoms. The molecule has 1 aromatic carbocycles. The summed E-state index contributed by atoms with van der Waals surface area (Å²) in [6.07, 6.45) is 4.84. The van der Waals surface area contributed by atoms with Crippen molar-refractivity contribution in [3.05, 3.63) is 51.4 Å². The van der Waals surface area contributed by atoms with Crippen LogP contribution in [-0.4, -0.2) is 49.2 Å². The van der Waals surface area contributed by atoms with Gasteiger partial charge in [-0.2, -0.15) is 9.78 Å². The minimum atomic E-state index is -0.550. The van der Waals surface area contributed by atoms with Crippen LogP contribution in [0.3, 0.4) is 0 Å². The van der Waals surface area contributed by atoms with Crippen molar-refractivity contribution in [3.63, 3.8) is 0 Å². The lowest BCUT2D eigenvalue weighted by atomic mass is 10.1. The molecule has 0 bridgehead atoms. The van der Waals surface area contributed by atoms with Gasteiger partial charge >= 0.3 is 5.97 Å². The third-order valence-electron chi connectivity index (χ3n) is 4.60. The predicted molar refractivity (Wildman–Crippen MR) is 103 cm³/mol. The zero-order valence-electron chi connectivity index (χ0n) is 15.4. The predicted octanol–water partition coefficient (Wildman–Crippen LogP) is 2.68. The van der Waals surface area contributed by atoms with Crippen LogP contribution in [-0.2, 0) is 9.47 Å². The normalized spacial score (nSPS) is 16.8. The molecule has 0 aliphatic carbocycles. The van der Waals surface area contributed by atoms with E-state index in [-0.39, 0.29) is 16.7 Å². The van der Waals surface area contributed by atoms with E-state index in [1.165, 1.54) is 13.3 Å². The summed E-state index contributed by atoms with van der Waals surface area (Å²) in [7, 11) is 3.14. The van der Waals surface area contributed by atoms with Crippen LogP contribution < -0.4 is 10.5 Å². The van der Waals surface area contributed by atoms with Crippen LogP contribution >= 0.6 is 11.6 Å². The number of hydrogen-bond acceptors (Lipinski definition) is 6. The summed E-state index contributed by atoms with van der Waals surface area (Å²) < 4.78 is 11.6. The SMILES string of the molecule is COC(=O)c1ccccc1-n1ncc(N(C)CC2CCCCO2)c(Cl)c1=O. The smallest absolute Gasteiger partial charge is 0.340 e. The molecule has 1 saturated heterocycles. The number of carbonyl (C=O) groups excluding carboxylic acids is 1. The molecule has 1 fully saturated rings. The van der Waals surface area contributed by atoms with Gasteiger partial charge < -0.3 is 14.4 Å². The number of benzene rings is 1. The molecule has 2 heterocycles. The number of ether oxygens (including phenoxy) is 2. The number of rotatable bonds is 5. The van der Waals surface area contributed by atoms with Crippen LogP contribution in [0.15, 0.2) is 35.3 Å². The van der Waals surface area contributed by atoms with Crippen molar-refractivity contribution in [2.24, 2.45) is 0 Å². The molecule has 0 N–H and O–H groups in total. The lowest BCUT2D eigenvalue weighted by Crippen LogP contribution is -2.35. The molecule has 1 aromatic heterocycles. The number of aromatic nitrogens is 2. The van der Waals surface area contributed by atoms with Crippen LogP contribution in [0, 0.1) is 0 Å². The summed E-state index contributed by atoms with van der Waals surface area (Å²) in [5, 5.41) is 4.27. The molecule has 1 atom stereocenters. The van der Waals surface area contributed by atoms with Crippen molar-refractivity contribution < 1.29 is 14.3 Å². The number of carbonyl (C=O) groups is 1. The molecule has 2 aromatic rings. The number of methoxy groups -OCH3 is 1. The van der Waals surface area contributed by atoms with Gasteiger partial charge in [-0.05, 0) is 31.4 Å². The molecular weight excluding hydrogens is 370 g/mol. The number of hydrogen-bond donors (Lipinski definition) is 0. The lowest BCUT2D eigenvalue weighted by Gasteiger charge is -2.28. The van der Waals surface area contributed by atoms with Crippen LogP contribution in [0.5, 0.6) is 0 Å². The maximum absolute atomic E-state index is 12.8. The Bertz CT molecular complexity index is 877. The Morgan fingerprint density at radius 2 is 2.19 bits per heavy atom. The third-order valence-corrected chi connectivity index (χ3v) is 4.96. The fraction of sp³-hybridized carbons (Fsp3) is 0.421. The molecule has 27 heavy (non-hydrogen) atoms. The van der Waals surface area contributed by atoms with Gasteiger partial charge in [-0.3, -0.25) is 4.79 Å². The van der Waals surface area contributed by atoms with Gasteiger partial charge in [-0.25, -0.2) is 4.79 Å². The molecule has 3 rings (SSSR count). The number of likely N-dealkylation sites (N-methyl/N-ethyl adjacent to an activating group) is 1. The van der Waals surface area contributed by atoms with Crippen LogP contribution in [0.2, 0.25) is 5.02 Å². The minimum absolute atomic E-state index is 0.0444. The molecule has 1 unspecified atom stereocenters. The first-order valence-corrected chi connectivity index (χ1v) is 9.19. The lowest BCUT2D eigenvalue weighted by molar-refractivity contribution is 0.0216. The first-order valence-electron chi connectivity index (χ1n) is 8.81. The van der Waals surface area contributed by atoms with Gasteiger partial charge in [-0.1, -0.05) is 23.7 Å². The summed E-state index contributed by atoms with van der Waals surface area (Å²) in [6, 6.07) is 6.60. The fourth-order valence-corrected chi connectivity index (χ4v) is 3.43. The highest BCUT2D eigenvalue weighted by atomic mass is 35.5. The van der Waals surface area contributed by atoms with Gasteiger partial charge in [-0.15, -0.1) is 0 Å². The van der Waals surface area contributed by atoms with Crippen molar-refractivity contribution in [1.82, 2.24) is 9.78 Å². The van der Waals surface area contributed by atoms with Crippen molar-refractivity contribution in [2.45, 2.75) is 25.4 Å². The highest BCUT2D eigenvalue weighted by Crippen LogP contribution is 2.23. The topological polar surface area (TPSA) is 73.7 Å². The first-order chi connectivity index (χ1) is 13.0. The molecule has 144 valence electrons. The number of para-hydroxylation sites is 1. The van der Waals surface area contributed by atoms with Gasteiger partial charge in [0.05, 0.1) is 36.3 Å². The van der Waals surface area contributed by atoms with E-state index in [4.69, 9.17) is 21.1 Å². The second-order valence-electron chi connectivity index (χ2n) is 6.44. The summed E-state index contributed by atoms with van der Waals surface area (Å²) in [5.41, 5.74) is 0.591. The Balaban J connectivity index is 1.92. The van der Waals surface area contributed by atoms with E-state index in [0.717, 1.165) is 30.6 Å². The van der Waals surface area contributed by atoms with Crippen molar-refractivity contribution in [2.75, 3.05) is 32.2 Å². The second kappa shape index (κ2) is 8.54. The molecule has 7 nitrogen and oxygen atoms in total. The maximum atomic E-state index is 12.8. The second-order valence-corrected chi connectivity index (χ2v) is 6.82. The average Bonchev–Trinajstić information content (AvgIpc) is 2.70. The van der Waals surface area contributed by atoms with E-state index < -0.39 is 11.5 Å². The molecule has 1 aliphatic heterocycles. The minimum Gasteiger partial charge on any atom is -0.465 e. The fourth-order valence-electron chi connectivity index (χ4n) is 3.16. The summed E-state index contributed by atoms with van der Waals surface area (Å²) in [6.45, 7) is 1.39. The molecular formula is C19H22ClN3O4. The van der Waals surface area contributed by atoms with E-state index in [2.05, 4.69) is 5.10 Å². The van der Waals surface area contributed by atoms with E-state index in [0.29, 0.717) is 17.9 Å².